The molecule has 0 aliphatic carbocycles. The predicted octanol–water partition coefficient (Wildman–Crippen LogP) is 3.08. The Morgan fingerprint density at radius 1 is 1.04 bits per heavy atom. The van der Waals surface area contributed by atoms with Gasteiger partial charge in [-0.2, -0.15) is 0 Å². The smallest absolute Gasteiger partial charge is 0.422 e. The number of benzene rings is 2. The molecular weight excluding hydrogens is 318 g/mol. The van der Waals surface area contributed by atoms with Gasteiger partial charge in [-0.25, -0.2) is 9.59 Å². The van der Waals surface area contributed by atoms with E-state index in [1.54, 1.807) is 48.5 Å². The molecule has 0 aliphatic heterocycles. The minimum Gasteiger partial charge on any atom is -0.494 e. The fourth-order valence-electron chi connectivity index (χ4n) is 2.32. The maximum Gasteiger partial charge on any atom is 0.422 e. The molecular formula is C17H14ClNO4. The predicted molar refractivity (Wildman–Crippen MR) is 88.3 cm³/mol. The van der Waals surface area contributed by atoms with Crippen LogP contribution < -0.4 is 16.1 Å². The van der Waals surface area contributed by atoms with Crippen LogP contribution in [-0.4, -0.2) is 11.2 Å². The minimum absolute atomic E-state index is 0.394. The first-order valence-electron chi connectivity index (χ1n) is 7.16. The second-order valence-corrected chi connectivity index (χ2v) is 5.42. The standard InChI is InChI=1S/C17H14ClNO4/c18-12-6-8-13(9-7-12)22-11-3-10-19-15-5-2-1-4-14(15)16(20)23-17(19)21/h1-2,4-9H,3,10-11H2. The summed E-state index contributed by atoms with van der Waals surface area (Å²) in [5.74, 6) is 0.0615. The van der Waals surface area contributed by atoms with Gasteiger partial charge in [0.2, 0.25) is 0 Å². The van der Waals surface area contributed by atoms with Gasteiger partial charge in [0.05, 0.1) is 17.5 Å². The van der Waals surface area contributed by atoms with E-state index in [1.165, 1.54) is 4.57 Å². The van der Waals surface area contributed by atoms with Crippen LogP contribution in [0.25, 0.3) is 10.9 Å². The second kappa shape index (κ2) is 6.71. The third-order valence-electron chi connectivity index (χ3n) is 3.42. The lowest BCUT2D eigenvalue weighted by Gasteiger charge is -2.09. The van der Waals surface area contributed by atoms with Gasteiger partial charge in [-0.3, -0.25) is 4.57 Å². The van der Waals surface area contributed by atoms with Crippen LogP contribution in [-0.2, 0) is 6.54 Å². The van der Waals surface area contributed by atoms with Crippen molar-refractivity contribution in [1.29, 1.82) is 0 Å². The summed E-state index contributed by atoms with van der Waals surface area (Å²) in [6.45, 7) is 0.832. The largest absolute Gasteiger partial charge is 0.494 e. The number of ether oxygens (including phenoxy) is 1. The molecule has 0 spiro atoms. The molecule has 118 valence electrons. The van der Waals surface area contributed by atoms with Crippen molar-refractivity contribution in [3.05, 3.63) is 74.5 Å². The first kappa shape index (κ1) is 15.4. The van der Waals surface area contributed by atoms with E-state index in [4.69, 9.17) is 20.8 Å². The van der Waals surface area contributed by atoms with Gasteiger partial charge in [0.15, 0.2) is 0 Å². The molecule has 0 N–H and O–H groups in total. The Labute approximate surface area is 136 Å². The maximum absolute atomic E-state index is 11.9. The third-order valence-corrected chi connectivity index (χ3v) is 3.68. The molecule has 0 aliphatic rings. The SMILES string of the molecule is O=c1oc(=O)n(CCCOc2ccc(Cl)cc2)c2ccccc12. The Kier molecular flexibility index (Phi) is 4.48. The zero-order valence-electron chi connectivity index (χ0n) is 12.2. The molecule has 0 atom stereocenters. The fourth-order valence-corrected chi connectivity index (χ4v) is 2.45. The monoisotopic (exact) mass is 331 g/mol. The van der Waals surface area contributed by atoms with Crippen molar-refractivity contribution in [2.75, 3.05) is 6.61 Å². The van der Waals surface area contributed by atoms with E-state index in [0.29, 0.717) is 41.2 Å². The zero-order chi connectivity index (χ0) is 16.2. The highest BCUT2D eigenvalue weighted by atomic mass is 35.5. The molecule has 3 aromatic rings. The number of hydrogen-bond acceptors (Lipinski definition) is 4. The maximum atomic E-state index is 11.9. The van der Waals surface area contributed by atoms with Crippen LogP contribution in [0.4, 0.5) is 0 Å². The Bertz CT molecular complexity index is 928. The second-order valence-electron chi connectivity index (χ2n) is 4.98. The van der Waals surface area contributed by atoms with E-state index < -0.39 is 11.4 Å². The summed E-state index contributed by atoms with van der Waals surface area (Å²) in [7, 11) is 0. The van der Waals surface area contributed by atoms with Gasteiger partial charge in [0.1, 0.15) is 5.75 Å². The molecule has 0 saturated carbocycles. The summed E-state index contributed by atoms with van der Waals surface area (Å²) in [5.41, 5.74) is -0.0421. The van der Waals surface area contributed by atoms with Crippen molar-refractivity contribution >= 4 is 22.5 Å². The molecule has 23 heavy (non-hydrogen) atoms. The van der Waals surface area contributed by atoms with Crippen LogP contribution in [0.1, 0.15) is 6.42 Å². The van der Waals surface area contributed by atoms with Crippen LogP contribution in [0.5, 0.6) is 5.75 Å². The molecule has 0 fully saturated rings. The third kappa shape index (κ3) is 3.46. The van der Waals surface area contributed by atoms with Crippen molar-refractivity contribution in [3.63, 3.8) is 0 Å². The van der Waals surface area contributed by atoms with E-state index >= 15 is 0 Å². The highest BCUT2D eigenvalue weighted by Gasteiger charge is 2.08. The number of hydrogen-bond donors (Lipinski definition) is 0. The van der Waals surface area contributed by atoms with Gasteiger partial charge in [-0.1, -0.05) is 23.7 Å². The van der Waals surface area contributed by atoms with E-state index in [1.807, 2.05) is 0 Å². The Hall–Kier alpha value is -2.53. The average Bonchev–Trinajstić information content (AvgIpc) is 2.55. The van der Waals surface area contributed by atoms with Crippen LogP contribution in [0.3, 0.4) is 0 Å². The lowest BCUT2D eigenvalue weighted by atomic mass is 10.2. The summed E-state index contributed by atoms with van der Waals surface area (Å²) >= 11 is 5.81. The van der Waals surface area contributed by atoms with Crippen molar-refractivity contribution in [1.82, 2.24) is 4.57 Å². The van der Waals surface area contributed by atoms with Crippen LogP contribution in [0.2, 0.25) is 5.02 Å². The van der Waals surface area contributed by atoms with Crippen molar-refractivity contribution < 1.29 is 9.15 Å². The first-order chi connectivity index (χ1) is 11.1. The summed E-state index contributed by atoms with van der Waals surface area (Å²) in [4.78, 5) is 23.6. The van der Waals surface area contributed by atoms with E-state index in [2.05, 4.69) is 0 Å². The lowest BCUT2D eigenvalue weighted by Crippen LogP contribution is -2.25. The van der Waals surface area contributed by atoms with Crippen LogP contribution >= 0.6 is 11.6 Å². The van der Waals surface area contributed by atoms with Crippen molar-refractivity contribution in [3.8, 4) is 5.75 Å². The van der Waals surface area contributed by atoms with Gasteiger partial charge in [-0.15, -0.1) is 0 Å². The molecule has 0 amide bonds. The summed E-state index contributed by atoms with van der Waals surface area (Å²) in [6, 6.07) is 14.0. The molecule has 0 unspecified atom stereocenters. The van der Waals surface area contributed by atoms with E-state index in [-0.39, 0.29) is 0 Å². The summed E-state index contributed by atoms with van der Waals surface area (Å²) in [5, 5.41) is 1.04. The number of nitrogens with zero attached hydrogens (tertiary/aromatic N) is 1. The van der Waals surface area contributed by atoms with Crippen molar-refractivity contribution in [2.45, 2.75) is 13.0 Å². The van der Waals surface area contributed by atoms with E-state index in [9.17, 15) is 9.59 Å². The number of aryl methyl sites for hydroxylation is 1. The first-order valence-corrected chi connectivity index (χ1v) is 7.54. The van der Waals surface area contributed by atoms with Crippen molar-refractivity contribution in [2.24, 2.45) is 0 Å². The number of para-hydroxylation sites is 1. The molecule has 1 heterocycles. The van der Waals surface area contributed by atoms with Gasteiger partial charge >= 0.3 is 11.4 Å². The summed E-state index contributed by atoms with van der Waals surface area (Å²) in [6.07, 6.45) is 0.597. The quantitative estimate of drug-likeness (QED) is 0.674. The van der Waals surface area contributed by atoms with Gasteiger partial charge in [-0.05, 0) is 42.8 Å². The number of fused-ring (bicyclic) bond motifs is 1. The average molecular weight is 332 g/mol. The lowest BCUT2D eigenvalue weighted by molar-refractivity contribution is 0.296. The molecule has 2 aromatic carbocycles. The highest BCUT2D eigenvalue weighted by Crippen LogP contribution is 2.15. The van der Waals surface area contributed by atoms with Gasteiger partial charge < -0.3 is 9.15 Å². The highest BCUT2D eigenvalue weighted by molar-refractivity contribution is 6.30. The van der Waals surface area contributed by atoms with Crippen LogP contribution in [0, 0.1) is 0 Å². The molecule has 0 radical (unpaired) electrons. The van der Waals surface area contributed by atoms with E-state index in [0.717, 1.165) is 0 Å². The topological polar surface area (TPSA) is 61.4 Å². The molecule has 1 aromatic heterocycles. The minimum atomic E-state index is -0.653. The zero-order valence-corrected chi connectivity index (χ0v) is 13.0. The normalized spacial score (nSPS) is 10.8. The molecule has 6 heteroatoms. The molecule has 0 bridgehead atoms. The number of halogens is 1. The fraction of sp³-hybridized carbons (Fsp3) is 0.176. The Morgan fingerprint density at radius 2 is 1.78 bits per heavy atom. The Morgan fingerprint density at radius 3 is 2.57 bits per heavy atom. The van der Waals surface area contributed by atoms with Crippen LogP contribution in [0.15, 0.2) is 62.5 Å². The summed E-state index contributed by atoms with van der Waals surface area (Å²) < 4.78 is 11.8. The molecule has 5 nitrogen and oxygen atoms in total. The Balaban J connectivity index is 1.71. The molecule has 0 saturated heterocycles. The van der Waals surface area contributed by atoms with Gasteiger partial charge in [0, 0.05) is 11.6 Å². The molecule has 3 rings (SSSR count). The van der Waals surface area contributed by atoms with Gasteiger partial charge in [0.25, 0.3) is 0 Å². The number of rotatable bonds is 5. The number of aromatic nitrogens is 1.